The highest BCUT2D eigenvalue weighted by Gasteiger charge is 2.21. The smallest absolute Gasteiger partial charge is 0.337 e. The Morgan fingerprint density at radius 2 is 0.496 bits per heavy atom. The van der Waals surface area contributed by atoms with Crippen molar-refractivity contribution in [2.24, 2.45) is 0 Å². The normalized spacial score (nSPS) is 10.4. The number of carbonyl (C=O) groups is 6. The molecule has 18 rings (SSSR count). The molecule has 0 aliphatic rings. The van der Waals surface area contributed by atoms with Crippen molar-refractivity contribution in [3.8, 4) is 67.9 Å². The number of hydrogen-bond acceptors (Lipinski definition) is 30. The van der Waals surface area contributed by atoms with Crippen LogP contribution in [-0.4, -0.2) is 108 Å². The van der Waals surface area contributed by atoms with E-state index >= 15 is 0 Å². The van der Waals surface area contributed by atoms with Crippen LogP contribution in [0.2, 0.25) is 0 Å². The van der Waals surface area contributed by atoms with E-state index in [0.29, 0.717) is 113 Å². The lowest BCUT2D eigenvalue weighted by molar-refractivity contribution is 0.0592. The van der Waals surface area contributed by atoms with E-state index < -0.39 is 53.1 Å². The van der Waals surface area contributed by atoms with Crippen molar-refractivity contribution in [3.63, 3.8) is 0 Å². The number of rotatable bonds is 24. The molecule has 0 spiro atoms. The van der Waals surface area contributed by atoms with Gasteiger partial charge in [0, 0.05) is 62.2 Å². The van der Waals surface area contributed by atoms with Crippen LogP contribution in [0.15, 0.2) is 349 Å². The first-order valence-corrected chi connectivity index (χ1v) is 41.1. The van der Waals surface area contributed by atoms with Gasteiger partial charge in [0.15, 0.2) is 34.6 Å². The summed E-state index contributed by atoms with van der Waals surface area (Å²) in [5.74, 6) is -3.77. The lowest BCUT2D eigenvalue weighted by atomic mass is 10.1. The van der Waals surface area contributed by atoms with Gasteiger partial charge in [-0.15, -0.1) is 0 Å². The maximum atomic E-state index is 13.6. The zero-order valence-electron chi connectivity index (χ0n) is 73.8. The zero-order chi connectivity index (χ0) is 98.3. The molecule has 0 amide bonds. The highest BCUT2D eigenvalue weighted by molar-refractivity contribution is 5.94. The zero-order valence-corrected chi connectivity index (χ0v) is 73.8. The van der Waals surface area contributed by atoms with Gasteiger partial charge in [0.25, 0.3) is 36.1 Å². The molecule has 0 saturated carbocycles. The van der Waals surface area contributed by atoms with Crippen molar-refractivity contribution in [1.29, 1.82) is 0 Å². The molecule has 0 saturated heterocycles. The van der Waals surface area contributed by atoms with Crippen LogP contribution >= 0.6 is 0 Å². The molecule has 30 nitrogen and oxygen atoms in total. The molecule has 702 valence electrons. The Hall–Kier alpha value is -19.0. The van der Waals surface area contributed by atoms with Gasteiger partial charge in [0.05, 0.1) is 119 Å². The summed E-state index contributed by atoms with van der Waals surface area (Å²) in [5, 5.41) is 16.8. The van der Waals surface area contributed by atoms with Crippen LogP contribution in [0.4, 0.5) is 101 Å². The number of anilines is 12. The van der Waals surface area contributed by atoms with Gasteiger partial charge in [-0.2, -0.15) is 0 Å². The van der Waals surface area contributed by atoms with E-state index in [4.69, 9.17) is 36.0 Å². The van der Waals surface area contributed by atoms with E-state index in [2.05, 4.69) is 80.8 Å². The molecule has 0 bridgehead atoms. The van der Waals surface area contributed by atoms with Gasteiger partial charge in [0.2, 0.25) is 0 Å². The van der Waals surface area contributed by atoms with Crippen LogP contribution in [0, 0.1) is 40.7 Å². The van der Waals surface area contributed by atoms with Crippen LogP contribution in [0.25, 0.3) is 67.9 Å². The number of oxazole rings is 6. The molecule has 12 aromatic carbocycles. The molecule has 18 aromatic rings. The lowest BCUT2D eigenvalue weighted by Crippen LogP contribution is -2.00. The number of ether oxygens (including phenoxy) is 6. The molecule has 0 fully saturated rings. The van der Waals surface area contributed by atoms with Crippen molar-refractivity contribution in [2.75, 3.05) is 74.6 Å². The van der Waals surface area contributed by atoms with Crippen LogP contribution in [0.3, 0.4) is 0 Å². The van der Waals surface area contributed by atoms with Gasteiger partial charge < -0.3 is 86.8 Å². The minimum atomic E-state index is -0.762. The van der Waals surface area contributed by atoms with Crippen LogP contribution in [-0.2, 0) is 28.4 Å². The highest BCUT2D eigenvalue weighted by Crippen LogP contribution is 2.35. The third-order valence-electron chi connectivity index (χ3n) is 19.1. The number of carbonyl (C=O) groups excluding carboxylic acids is 6. The van der Waals surface area contributed by atoms with Gasteiger partial charge in [-0.1, -0.05) is 109 Å². The fourth-order valence-corrected chi connectivity index (χ4v) is 12.4. The third-order valence-corrected chi connectivity index (χ3v) is 19.1. The monoisotopic (exact) mass is 1890 g/mol. The van der Waals surface area contributed by atoms with Crippen molar-refractivity contribution in [1.82, 2.24) is 29.9 Å². The van der Waals surface area contributed by atoms with Crippen molar-refractivity contribution in [3.05, 3.63) is 396 Å². The molecular weight excluding hydrogens is 1810 g/mol. The molecule has 139 heavy (non-hydrogen) atoms. The summed E-state index contributed by atoms with van der Waals surface area (Å²) >= 11 is 0. The molecule has 6 heterocycles. The van der Waals surface area contributed by atoms with Gasteiger partial charge in [0.1, 0.15) is 46.4 Å². The summed E-state index contributed by atoms with van der Waals surface area (Å²) in [6.07, 6.45) is 9.05. The first-order chi connectivity index (χ1) is 67.4. The topological polar surface area (TPSA) is 386 Å². The Morgan fingerprint density at radius 1 is 0.223 bits per heavy atom. The largest absolute Gasteiger partial charge is 0.465 e. The fourth-order valence-electron chi connectivity index (χ4n) is 12.4. The number of esters is 6. The number of methoxy groups -OCH3 is 6. The fraction of sp³-hybridized carbons (Fsp3) is 0.0588. The molecule has 0 atom stereocenters. The Labute approximate surface area is 785 Å². The van der Waals surface area contributed by atoms with E-state index in [-0.39, 0.29) is 64.9 Å². The summed E-state index contributed by atoms with van der Waals surface area (Å²) in [7, 11) is 7.91. The molecule has 37 heteroatoms. The van der Waals surface area contributed by atoms with E-state index in [0.717, 1.165) is 41.1 Å². The Balaban J connectivity index is 0.000000141. The number of halogens is 7. The average Bonchev–Trinajstić information content (AvgIpc) is 1.69. The maximum Gasteiger partial charge on any atom is 0.337 e. The summed E-state index contributed by atoms with van der Waals surface area (Å²) in [4.78, 5) is 93.6. The number of benzene rings is 12. The van der Waals surface area contributed by atoms with E-state index in [1.54, 1.807) is 195 Å². The number of hydrogen-bond donors (Lipinski definition) is 6. The number of para-hydroxylation sites is 2. The standard InChI is InChI=1S/2C17H12F2N2O3.3C17H13FN2O3.C17H14N2O3/c1-23-16(22)11-5-2-4-10(8-11)14-9-20-17(24-14)21-15-12(18)6-3-7-13(15)19;1-23-16(22)11-4-2-3-10(7-11)15-9-20-17(24-15)21-14-6-5-12(18)8-13(14)19;1-22-16(21)12-5-2-4-11(8-12)15-10-19-17(23-15)20-14-7-3-6-13(18)9-14;1-22-16(21)12-7-5-11(6-8-12)15-10-19-17(23-15)20-14-4-2-3-13(18)9-14;1-22-16(21)12-4-2-3-11(9-12)15-10-19-17(23-15)20-14-7-5-13(18)6-8-14;1-21-16(20)13-7-5-6-12(10-13)15-11-18-17(22-15)19-14-8-3-2-4-9-14/h2*2-9H,1H3,(H,20,21);3*2-10H,1H3,(H,19,20);2-11H,1H3,(H,18,19). The summed E-state index contributed by atoms with van der Waals surface area (Å²) in [5.41, 5.74) is 8.87. The van der Waals surface area contributed by atoms with Crippen LogP contribution in [0.5, 0.6) is 0 Å². The Kier molecular flexibility index (Phi) is 33.3. The van der Waals surface area contributed by atoms with Crippen molar-refractivity contribution < 1.29 is 114 Å². The SMILES string of the molecule is COC(=O)c1ccc(-c2cnc(Nc3cccc(F)c3)o2)cc1.COC(=O)c1cccc(-c2cnc(Nc3c(F)cccc3F)o2)c1.COC(=O)c1cccc(-c2cnc(Nc3ccc(F)cc3)o2)c1.COC(=O)c1cccc(-c2cnc(Nc3ccc(F)cc3F)o2)c1.COC(=O)c1cccc(-c2cnc(Nc3cccc(F)c3)o2)c1.COC(=O)c1cccc(-c2cnc(Nc3ccccc3)o2)c1. The molecule has 0 unspecified atom stereocenters. The first-order valence-electron chi connectivity index (χ1n) is 41.1. The number of nitrogens with one attached hydrogen (secondary N) is 6. The number of nitrogens with zero attached hydrogens (tertiary/aromatic N) is 6. The maximum absolute atomic E-state index is 13.6. The van der Waals surface area contributed by atoms with E-state index in [9.17, 15) is 59.5 Å². The highest BCUT2D eigenvalue weighted by atomic mass is 19.2. The van der Waals surface area contributed by atoms with Gasteiger partial charge in [-0.05, 0) is 170 Å². The number of aromatic nitrogens is 6. The van der Waals surface area contributed by atoms with Crippen LogP contribution < -0.4 is 31.9 Å². The molecule has 0 aliphatic heterocycles. The van der Waals surface area contributed by atoms with Crippen molar-refractivity contribution >= 4 is 106 Å². The molecule has 0 radical (unpaired) electrons. The lowest BCUT2D eigenvalue weighted by Gasteiger charge is -2.04. The van der Waals surface area contributed by atoms with Gasteiger partial charge >= 0.3 is 35.8 Å². The minimum absolute atomic E-state index is 0.0353. The van der Waals surface area contributed by atoms with Crippen molar-refractivity contribution in [2.45, 2.75) is 0 Å². The second kappa shape index (κ2) is 47.4. The predicted molar refractivity (Wildman–Crippen MR) is 498 cm³/mol. The van der Waals surface area contributed by atoms with E-state index in [1.165, 1.54) is 110 Å². The summed E-state index contributed by atoms with van der Waals surface area (Å²) in [6, 6.07) is 75.7. The second-order valence-corrected chi connectivity index (χ2v) is 28.5. The van der Waals surface area contributed by atoms with Gasteiger partial charge in [-0.25, -0.2) is 89.4 Å². The minimum Gasteiger partial charge on any atom is -0.465 e. The average molecular weight is 1890 g/mol. The summed E-state index contributed by atoms with van der Waals surface area (Å²) in [6.45, 7) is 0. The molecule has 0 aliphatic carbocycles. The quantitative estimate of drug-likeness (QED) is 0.0186. The molecule has 6 N–H and O–H groups in total. The molecule has 6 aromatic heterocycles. The predicted octanol–water partition coefficient (Wildman–Crippen LogP) is 24.2. The second-order valence-electron chi connectivity index (χ2n) is 28.5. The molecular formula is C102H77F7N12O18. The Bertz CT molecular complexity index is 7260. The summed E-state index contributed by atoms with van der Waals surface area (Å²) < 4.78 is 154. The van der Waals surface area contributed by atoms with E-state index in [1.807, 2.05) is 36.4 Å². The van der Waals surface area contributed by atoms with Crippen LogP contribution in [0.1, 0.15) is 62.1 Å². The Morgan fingerprint density at radius 3 is 0.827 bits per heavy atom. The first kappa shape index (κ1) is 97.6. The van der Waals surface area contributed by atoms with Gasteiger partial charge in [-0.3, -0.25) is 0 Å². The third kappa shape index (κ3) is 27.4.